The molecule has 3 nitrogen and oxygen atoms in total. The topological polar surface area (TPSA) is 38.5 Å². The number of rotatable bonds is 5. The Bertz CT molecular complexity index is 605. The Hall–Kier alpha value is -1.74. The summed E-state index contributed by atoms with van der Waals surface area (Å²) in [4.78, 5) is 2.53. The molecule has 0 radical (unpaired) electrons. The molecule has 0 bridgehead atoms. The molecule has 1 heterocycles. The number of nitrogen functional groups attached to an aromatic ring is 1. The number of nitrogens with two attached hydrogens (primary N) is 1. The summed E-state index contributed by atoms with van der Waals surface area (Å²) in [5.74, 6) is 0.939. The van der Waals surface area contributed by atoms with Gasteiger partial charge in [0.2, 0.25) is 0 Å². The minimum atomic E-state index is 0.220. The Balaban J connectivity index is 1.68. The van der Waals surface area contributed by atoms with Crippen LogP contribution in [0.3, 0.4) is 0 Å². The van der Waals surface area contributed by atoms with Crippen molar-refractivity contribution in [2.45, 2.75) is 32.3 Å². The van der Waals surface area contributed by atoms with Crippen LogP contribution in [0.25, 0.3) is 10.8 Å². The van der Waals surface area contributed by atoms with Gasteiger partial charge >= 0.3 is 0 Å². The molecule has 1 aliphatic rings. The number of ether oxygens (including phenoxy) is 1. The van der Waals surface area contributed by atoms with Crippen molar-refractivity contribution in [1.29, 1.82) is 0 Å². The lowest BCUT2D eigenvalue weighted by Gasteiger charge is -2.20. The zero-order valence-electron chi connectivity index (χ0n) is 12.7. The largest absolute Gasteiger partial charge is 0.490 e. The van der Waals surface area contributed by atoms with Crippen LogP contribution in [0, 0.1) is 0 Å². The fourth-order valence-electron chi connectivity index (χ4n) is 3.05. The second-order valence-corrected chi connectivity index (χ2v) is 5.96. The van der Waals surface area contributed by atoms with Crippen molar-refractivity contribution in [1.82, 2.24) is 4.90 Å². The number of hydrogen-bond donors (Lipinski definition) is 1. The van der Waals surface area contributed by atoms with Gasteiger partial charge in [0.1, 0.15) is 5.75 Å². The highest BCUT2D eigenvalue weighted by molar-refractivity contribution is 5.96. The van der Waals surface area contributed by atoms with Gasteiger partial charge in [-0.2, -0.15) is 0 Å². The number of hydrogen-bond acceptors (Lipinski definition) is 3. The fraction of sp³-hybridized carbons (Fsp3) is 0.444. The van der Waals surface area contributed by atoms with E-state index >= 15 is 0 Å². The molecule has 0 saturated carbocycles. The summed E-state index contributed by atoms with van der Waals surface area (Å²) in [5, 5.41) is 2.17. The zero-order valence-corrected chi connectivity index (χ0v) is 12.7. The molecular weight excluding hydrogens is 260 g/mol. The molecule has 1 atom stereocenters. The van der Waals surface area contributed by atoms with Gasteiger partial charge in [-0.25, -0.2) is 0 Å². The van der Waals surface area contributed by atoms with E-state index in [1.54, 1.807) is 0 Å². The van der Waals surface area contributed by atoms with Gasteiger partial charge in [0.25, 0.3) is 0 Å². The third-order valence-electron chi connectivity index (χ3n) is 4.29. The predicted molar refractivity (Wildman–Crippen MR) is 88.7 cm³/mol. The van der Waals surface area contributed by atoms with Crippen LogP contribution in [0.5, 0.6) is 5.75 Å². The van der Waals surface area contributed by atoms with E-state index in [0.717, 1.165) is 35.2 Å². The minimum absolute atomic E-state index is 0.220. The molecule has 0 aliphatic carbocycles. The Kier molecular flexibility index (Phi) is 4.30. The van der Waals surface area contributed by atoms with Crippen molar-refractivity contribution in [3.63, 3.8) is 0 Å². The van der Waals surface area contributed by atoms with Crippen molar-refractivity contribution >= 4 is 16.5 Å². The molecule has 1 unspecified atom stereocenters. The van der Waals surface area contributed by atoms with E-state index in [0.29, 0.717) is 0 Å². The quantitative estimate of drug-likeness (QED) is 0.851. The molecule has 1 saturated heterocycles. The van der Waals surface area contributed by atoms with E-state index < -0.39 is 0 Å². The number of anilines is 1. The summed E-state index contributed by atoms with van der Waals surface area (Å²) < 4.78 is 6.16. The van der Waals surface area contributed by atoms with Gasteiger partial charge in [-0.1, -0.05) is 24.3 Å². The van der Waals surface area contributed by atoms with E-state index in [-0.39, 0.29) is 6.10 Å². The van der Waals surface area contributed by atoms with Crippen LogP contribution in [0.4, 0.5) is 5.69 Å². The van der Waals surface area contributed by atoms with Gasteiger partial charge in [0, 0.05) is 23.0 Å². The van der Waals surface area contributed by atoms with E-state index in [1.165, 1.54) is 25.9 Å². The molecule has 21 heavy (non-hydrogen) atoms. The van der Waals surface area contributed by atoms with Crippen molar-refractivity contribution in [2.24, 2.45) is 0 Å². The average molecular weight is 284 g/mol. The second kappa shape index (κ2) is 6.35. The number of nitrogens with zero attached hydrogens (tertiary/aromatic N) is 1. The molecule has 2 N–H and O–H groups in total. The Morgan fingerprint density at radius 3 is 2.62 bits per heavy atom. The minimum Gasteiger partial charge on any atom is -0.490 e. The lowest BCUT2D eigenvalue weighted by atomic mass is 10.1. The summed E-state index contributed by atoms with van der Waals surface area (Å²) in [6.07, 6.45) is 3.98. The van der Waals surface area contributed by atoms with Crippen molar-refractivity contribution in [3.8, 4) is 5.75 Å². The Morgan fingerprint density at radius 1 is 1.10 bits per heavy atom. The van der Waals surface area contributed by atoms with Crippen LogP contribution in [-0.2, 0) is 0 Å². The number of benzene rings is 2. The SMILES string of the molecule is CC(CCN1CCCC1)Oc1cccc2c(N)cccc12. The maximum absolute atomic E-state index is 6.16. The highest BCUT2D eigenvalue weighted by Crippen LogP contribution is 2.30. The summed E-state index contributed by atoms with van der Waals surface area (Å²) in [7, 11) is 0. The summed E-state index contributed by atoms with van der Waals surface area (Å²) in [5.41, 5.74) is 6.84. The molecule has 0 spiro atoms. The van der Waals surface area contributed by atoms with Gasteiger partial charge in [-0.3, -0.25) is 0 Å². The third kappa shape index (κ3) is 3.30. The highest BCUT2D eigenvalue weighted by Gasteiger charge is 2.14. The van der Waals surface area contributed by atoms with E-state index in [2.05, 4.69) is 17.9 Å². The Labute approximate surface area is 126 Å². The number of fused-ring (bicyclic) bond motifs is 1. The molecule has 3 heteroatoms. The lowest BCUT2D eigenvalue weighted by Crippen LogP contribution is -2.25. The van der Waals surface area contributed by atoms with Crippen LogP contribution < -0.4 is 10.5 Å². The standard InChI is InChI=1S/C18H24N2O/c1-14(10-13-20-11-2-3-12-20)21-18-9-5-6-15-16(18)7-4-8-17(15)19/h4-9,14H,2-3,10-13,19H2,1H3. The van der Waals surface area contributed by atoms with Crippen molar-refractivity contribution in [3.05, 3.63) is 36.4 Å². The molecule has 2 aromatic carbocycles. The summed E-state index contributed by atoms with van der Waals surface area (Å²) in [6.45, 7) is 5.78. The van der Waals surface area contributed by atoms with Crippen LogP contribution in [0.1, 0.15) is 26.2 Å². The Morgan fingerprint density at radius 2 is 1.81 bits per heavy atom. The number of likely N-dealkylation sites (tertiary alicyclic amines) is 1. The molecule has 1 aliphatic heterocycles. The fourth-order valence-corrected chi connectivity index (χ4v) is 3.05. The van der Waals surface area contributed by atoms with Gasteiger partial charge in [-0.15, -0.1) is 0 Å². The maximum Gasteiger partial charge on any atom is 0.127 e. The van der Waals surface area contributed by atoms with Crippen LogP contribution >= 0.6 is 0 Å². The first kappa shape index (κ1) is 14.2. The average Bonchev–Trinajstić information content (AvgIpc) is 3.00. The second-order valence-electron chi connectivity index (χ2n) is 5.96. The van der Waals surface area contributed by atoms with E-state index in [4.69, 9.17) is 10.5 Å². The molecule has 112 valence electrons. The normalized spacial score (nSPS) is 17.2. The first-order valence-electron chi connectivity index (χ1n) is 7.90. The monoisotopic (exact) mass is 284 g/mol. The van der Waals surface area contributed by atoms with Gasteiger partial charge in [0.15, 0.2) is 0 Å². The smallest absolute Gasteiger partial charge is 0.127 e. The summed E-state index contributed by atoms with van der Waals surface area (Å²) in [6, 6.07) is 12.1. The van der Waals surface area contributed by atoms with Crippen molar-refractivity contribution in [2.75, 3.05) is 25.4 Å². The van der Waals surface area contributed by atoms with Crippen molar-refractivity contribution < 1.29 is 4.74 Å². The lowest BCUT2D eigenvalue weighted by molar-refractivity contribution is 0.189. The van der Waals surface area contributed by atoms with Gasteiger partial charge < -0.3 is 15.4 Å². The molecular formula is C18H24N2O. The maximum atomic E-state index is 6.16. The van der Waals surface area contributed by atoms with E-state index in [1.807, 2.05) is 30.3 Å². The van der Waals surface area contributed by atoms with E-state index in [9.17, 15) is 0 Å². The molecule has 0 aromatic heterocycles. The summed E-state index contributed by atoms with van der Waals surface area (Å²) >= 11 is 0. The molecule has 3 rings (SSSR count). The molecule has 0 amide bonds. The molecule has 1 fully saturated rings. The van der Waals surface area contributed by atoms with Gasteiger partial charge in [0.05, 0.1) is 6.10 Å². The zero-order chi connectivity index (χ0) is 14.7. The predicted octanol–water partition coefficient (Wildman–Crippen LogP) is 3.68. The van der Waals surface area contributed by atoms with Gasteiger partial charge in [-0.05, 0) is 51.4 Å². The highest BCUT2D eigenvalue weighted by atomic mass is 16.5. The molecule has 2 aromatic rings. The third-order valence-corrected chi connectivity index (χ3v) is 4.29. The van der Waals surface area contributed by atoms with Crippen LogP contribution in [-0.4, -0.2) is 30.6 Å². The van der Waals surface area contributed by atoms with Crippen LogP contribution in [0.15, 0.2) is 36.4 Å². The first-order valence-corrected chi connectivity index (χ1v) is 7.90. The van der Waals surface area contributed by atoms with Crippen LogP contribution in [0.2, 0.25) is 0 Å². The first-order chi connectivity index (χ1) is 10.2.